The lowest BCUT2D eigenvalue weighted by molar-refractivity contribution is 0.131. The van der Waals surface area contributed by atoms with Crippen LogP contribution in [0.3, 0.4) is 0 Å². The summed E-state index contributed by atoms with van der Waals surface area (Å²) in [6.45, 7) is 7.04. The van der Waals surface area contributed by atoms with Crippen molar-refractivity contribution in [3.63, 3.8) is 0 Å². The van der Waals surface area contributed by atoms with Crippen molar-refractivity contribution in [3.8, 4) is 5.75 Å². The van der Waals surface area contributed by atoms with Crippen molar-refractivity contribution in [2.75, 3.05) is 0 Å². The van der Waals surface area contributed by atoms with Crippen LogP contribution in [0.25, 0.3) is 0 Å². The van der Waals surface area contributed by atoms with Crippen molar-refractivity contribution in [3.05, 3.63) is 65.7 Å². The van der Waals surface area contributed by atoms with Crippen molar-refractivity contribution in [2.45, 2.75) is 39.5 Å². The number of nitrogens with one attached hydrogen (secondary N) is 2. The van der Waals surface area contributed by atoms with E-state index >= 15 is 0 Å². The lowest BCUT2D eigenvalue weighted by Gasteiger charge is -2.21. The first-order valence-electron chi connectivity index (χ1n) is 7.76. The fourth-order valence-electron chi connectivity index (χ4n) is 2.05. The van der Waals surface area contributed by atoms with Gasteiger partial charge in [-0.3, -0.25) is 0 Å². The maximum Gasteiger partial charge on any atom is 0.315 e. The monoisotopic (exact) mass is 312 g/mol. The highest BCUT2D eigenvalue weighted by molar-refractivity contribution is 5.73. The molecule has 23 heavy (non-hydrogen) atoms. The van der Waals surface area contributed by atoms with E-state index in [4.69, 9.17) is 4.74 Å². The Hall–Kier alpha value is -2.49. The molecule has 0 aliphatic heterocycles. The van der Waals surface area contributed by atoms with Crippen molar-refractivity contribution in [1.29, 1.82) is 0 Å². The van der Waals surface area contributed by atoms with Crippen LogP contribution in [-0.4, -0.2) is 11.6 Å². The Morgan fingerprint density at radius 2 is 1.39 bits per heavy atom. The summed E-state index contributed by atoms with van der Waals surface area (Å²) < 4.78 is 5.77. The molecule has 0 aliphatic rings. The summed E-state index contributed by atoms with van der Waals surface area (Å²) in [6.07, 6.45) is 0. The highest BCUT2D eigenvalue weighted by atomic mass is 16.5. The van der Waals surface area contributed by atoms with E-state index in [1.807, 2.05) is 75.4 Å². The summed E-state index contributed by atoms with van der Waals surface area (Å²) in [4.78, 5) is 11.8. The van der Waals surface area contributed by atoms with E-state index in [1.54, 1.807) is 0 Å². The van der Waals surface area contributed by atoms with Gasteiger partial charge in [0.1, 0.15) is 11.4 Å². The minimum Gasteiger partial charge on any atom is -0.488 e. The van der Waals surface area contributed by atoms with Crippen LogP contribution in [-0.2, 0) is 13.1 Å². The van der Waals surface area contributed by atoms with Crippen molar-refractivity contribution in [1.82, 2.24) is 10.6 Å². The molecule has 122 valence electrons. The minimum absolute atomic E-state index is 0.177. The zero-order valence-corrected chi connectivity index (χ0v) is 13.9. The van der Waals surface area contributed by atoms with Gasteiger partial charge >= 0.3 is 6.03 Å². The van der Waals surface area contributed by atoms with E-state index in [-0.39, 0.29) is 11.6 Å². The zero-order chi connectivity index (χ0) is 16.7. The van der Waals surface area contributed by atoms with Crippen molar-refractivity contribution < 1.29 is 9.53 Å². The highest BCUT2D eigenvalue weighted by Gasteiger charge is 2.11. The quantitative estimate of drug-likeness (QED) is 0.880. The Morgan fingerprint density at radius 1 is 0.870 bits per heavy atom. The molecule has 2 rings (SSSR count). The fourth-order valence-corrected chi connectivity index (χ4v) is 2.05. The first-order valence-corrected chi connectivity index (χ1v) is 7.76. The number of ether oxygens (including phenoxy) is 1. The second-order valence-electron chi connectivity index (χ2n) is 6.38. The van der Waals surface area contributed by atoms with E-state index < -0.39 is 0 Å². The topological polar surface area (TPSA) is 50.4 Å². The third-order valence-corrected chi connectivity index (χ3v) is 3.10. The van der Waals surface area contributed by atoms with Crippen LogP contribution in [0, 0.1) is 0 Å². The van der Waals surface area contributed by atoms with Gasteiger partial charge in [-0.05, 0) is 44.0 Å². The first kappa shape index (κ1) is 16.9. The van der Waals surface area contributed by atoms with Crippen molar-refractivity contribution in [2.24, 2.45) is 0 Å². The summed E-state index contributed by atoms with van der Waals surface area (Å²) in [7, 11) is 0. The molecule has 4 heteroatoms. The van der Waals surface area contributed by atoms with Gasteiger partial charge in [-0.2, -0.15) is 0 Å². The summed E-state index contributed by atoms with van der Waals surface area (Å²) in [6, 6.07) is 17.4. The fraction of sp³-hybridized carbons (Fsp3) is 0.316. The molecular weight excluding hydrogens is 288 g/mol. The Kier molecular flexibility index (Phi) is 5.63. The molecule has 0 unspecified atom stereocenters. The van der Waals surface area contributed by atoms with E-state index in [1.165, 1.54) is 0 Å². The van der Waals surface area contributed by atoms with Gasteiger partial charge in [-0.15, -0.1) is 0 Å². The summed E-state index contributed by atoms with van der Waals surface area (Å²) in [5, 5.41) is 5.68. The minimum atomic E-state index is -0.211. The van der Waals surface area contributed by atoms with Gasteiger partial charge in [0.2, 0.25) is 0 Å². The van der Waals surface area contributed by atoms with Gasteiger partial charge in [-0.1, -0.05) is 42.5 Å². The molecule has 0 aromatic heterocycles. The number of carbonyl (C=O) groups is 1. The Morgan fingerprint density at radius 3 is 1.91 bits per heavy atom. The van der Waals surface area contributed by atoms with E-state index in [0.29, 0.717) is 13.1 Å². The number of carbonyl (C=O) groups excluding carboxylic acids is 1. The largest absolute Gasteiger partial charge is 0.488 e. The molecule has 0 saturated heterocycles. The van der Waals surface area contributed by atoms with Crippen LogP contribution in [0.5, 0.6) is 5.75 Å². The Labute approximate surface area is 137 Å². The molecule has 0 bridgehead atoms. The number of rotatable bonds is 5. The van der Waals surface area contributed by atoms with Gasteiger partial charge in [0.25, 0.3) is 0 Å². The van der Waals surface area contributed by atoms with Gasteiger partial charge in [-0.25, -0.2) is 4.79 Å². The second kappa shape index (κ2) is 7.68. The molecule has 2 aromatic carbocycles. The Balaban J connectivity index is 1.76. The molecule has 0 fully saturated rings. The summed E-state index contributed by atoms with van der Waals surface area (Å²) in [5.41, 5.74) is 1.89. The van der Waals surface area contributed by atoms with E-state index in [9.17, 15) is 4.79 Å². The lowest BCUT2D eigenvalue weighted by atomic mass is 10.1. The van der Waals surface area contributed by atoms with Crippen LogP contribution in [0.4, 0.5) is 4.79 Å². The average Bonchev–Trinajstić information content (AvgIpc) is 2.52. The number of amides is 2. The smallest absolute Gasteiger partial charge is 0.315 e. The predicted octanol–water partition coefficient (Wildman–Crippen LogP) is 3.86. The number of benzene rings is 2. The standard InChI is InChI=1S/C19H24N2O2/c1-19(2,3)23-17-11-9-16(10-12-17)14-21-18(22)20-13-15-7-5-4-6-8-15/h4-12H,13-14H2,1-3H3,(H2,20,21,22). The maximum absolute atomic E-state index is 11.8. The van der Waals surface area contributed by atoms with Crippen molar-refractivity contribution >= 4 is 6.03 Å². The summed E-state index contributed by atoms with van der Waals surface area (Å²) in [5.74, 6) is 0.828. The van der Waals surface area contributed by atoms with Gasteiger partial charge in [0, 0.05) is 13.1 Å². The summed E-state index contributed by atoms with van der Waals surface area (Å²) >= 11 is 0. The van der Waals surface area contributed by atoms with Crippen LogP contribution in [0.2, 0.25) is 0 Å². The van der Waals surface area contributed by atoms with Crippen LogP contribution < -0.4 is 15.4 Å². The third kappa shape index (κ3) is 6.43. The van der Waals surface area contributed by atoms with Crippen LogP contribution in [0.1, 0.15) is 31.9 Å². The molecule has 2 amide bonds. The SMILES string of the molecule is CC(C)(C)Oc1ccc(CNC(=O)NCc2ccccc2)cc1. The predicted molar refractivity (Wildman–Crippen MR) is 92.3 cm³/mol. The van der Waals surface area contributed by atoms with Gasteiger partial charge in [0.15, 0.2) is 0 Å². The average molecular weight is 312 g/mol. The second-order valence-corrected chi connectivity index (χ2v) is 6.38. The normalized spacial score (nSPS) is 10.9. The molecule has 0 spiro atoms. The van der Waals surface area contributed by atoms with E-state index in [2.05, 4.69) is 10.6 Å². The Bertz CT molecular complexity index is 616. The third-order valence-electron chi connectivity index (χ3n) is 3.10. The number of hydrogen-bond donors (Lipinski definition) is 2. The zero-order valence-electron chi connectivity index (χ0n) is 13.9. The molecule has 0 heterocycles. The van der Waals surface area contributed by atoms with Crippen LogP contribution >= 0.6 is 0 Å². The molecular formula is C19H24N2O2. The molecule has 0 atom stereocenters. The molecule has 2 N–H and O–H groups in total. The van der Waals surface area contributed by atoms with Gasteiger partial charge < -0.3 is 15.4 Å². The first-order chi connectivity index (χ1) is 10.9. The van der Waals surface area contributed by atoms with Gasteiger partial charge in [0.05, 0.1) is 0 Å². The molecule has 0 saturated carbocycles. The lowest BCUT2D eigenvalue weighted by Crippen LogP contribution is -2.34. The molecule has 4 nitrogen and oxygen atoms in total. The highest BCUT2D eigenvalue weighted by Crippen LogP contribution is 2.18. The van der Waals surface area contributed by atoms with Crippen LogP contribution in [0.15, 0.2) is 54.6 Å². The maximum atomic E-state index is 11.8. The molecule has 0 radical (unpaired) electrons. The molecule has 0 aliphatic carbocycles. The number of urea groups is 1. The number of hydrogen-bond acceptors (Lipinski definition) is 2. The van der Waals surface area contributed by atoms with E-state index in [0.717, 1.165) is 16.9 Å². The molecule has 2 aromatic rings.